The van der Waals surface area contributed by atoms with Gasteiger partial charge < -0.3 is 15.5 Å². The zero-order valence-electron chi connectivity index (χ0n) is 11.1. The Bertz CT molecular complexity index is 559. The highest BCUT2D eigenvalue weighted by Gasteiger charge is 2.13. The molecule has 0 spiro atoms. The molecular formula is C13H16N4O2S. The third kappa shape index (κ3) is 3.82. The minimum absolute atomic E-state index is 0.193. The Hall–Kier alpha value is -1.86. The molecule has 106 valence electrons. The van der Waals surface area contributed by atoms with Crippen LogP contribution in [0.4, 0.5) is 5.69 Å². The van der Waals surface area contributed by atoms with Crippen LogP contribution in [0.2, 0.25) is 0 Å². The monoisotopic (exact) mass is 292 g/mol. The van der Waals surface area contributed by atoms with Crippen LogP contribution in [-0.2, 0) is 4.79 Å². The number of thioether (sulfide) groups is 1. The van der Waals surface area contributed by atoms with E-state index in [1.54, 1.807) is 23.9 Å². The van der Waals surface area contributed by atoms with Crippen molar-refractivity contribution in [3.63, 3.8) is 0 Å². The van der Waals surface area contributed by atoms with Gasteiger partial charge in [0, 0.05) is 11.3 Å². The number of aromatic nitrogens is 2. The smallest absolute Gasteiger partial charge is 0.247 e. The molecule has 0 bridgehead atoms. The summed E-state index contributed by atoms with van der Waals surface area (Å²) in [4.78, 5) is 11.9. The molecule has 0 aliphatic rings. The number of benzene rings is 1. The van der Waals surface area contributed by atoms with Gasteiger partial charge in [0.25, 0.3) is 0 Å². The molecule has 1 heterocycles. The van der Waals surface area contributed by atoms with Crippen LogP contribution in [-0.4, -0.2) is 34.2 Å². The molecular weight excluding hydrogens is 276 g/mol. The van der Waals surface area contributed by atoms with Gasteiger partial charge in [-0.3, -0.25) is 4.79 Å². The van der Waals surface area contributed by atoms with Crippen LogP contribution in [0.5, 0.6) is 0 Å². The van der Waals surface area contributed by atoms with Gasteiger partial charge in [0.1, 0.15) is 0 Å². The summed E-state index contributed by atoms with van der Waals surface area (Å²) in [6.45, 7) is 0. The molecule has 20 heavy (non-hydrogen) atoms. The largest absolute Gasteiger partial charge is 0.423 e. The van der Waals surface area contributed by atoms with Crippen LogP contribution >= 0.6 is 11.8 Å². The number of anilines is 1. The third-order valence-corrected chi connectivity index (χ3v) is 3.35. The Labute approximate surface area is 121 Å². The van der Waals surface area contributed by atoms with Gasteiger partial charge in [-0.15, -0.1) is 10.2 Å². The summed E-state index contributed by atoms with van der Waals surface area (Å²) in [6.07, 6.45) is 3.90. The first-order valence-electron chi connectivity index (χ1n) is 6.12. The molecule has 1 amide bonds. The highest BCUT2D eigenvalue weighted by molar-refractivity contribution is 7.98. The fraction of sp³-hybridized carbons (Fsp3) is 0.308. The highest BCUT2D eigenvalue weighted by atomic mass is 32.2. The molecule has 6 nitrogen and oxygen atoms in total. The van der Waals surface area contributed by atoms with Crippen molar-refractivity contribution in [2.24, 2.45) is 5.73 Å². The van der Waals surface area contributed by atoms with Crippen LogP contribution in [0.15, 0.2) is 35.1 Å². The fourth-order valence-electron chi connectivity index (χ4n) is 1.64. The Kier molecular flexibility index (Phi) is 5.14. The second kappa shape index (κ2) is 7.06. The van der Waals surface area contributed by atoms with E-state index in [2.05, 4.69) is 15.5 Å². The molecule has 0 saturated carbocycles. The molecule has 2 rings (SSSR count). The van der Waals surface area contributed by atoms with E-state index in [-0.39, 0.29) is 5.91 Å². The quantitative estimate of drug-likeness (QED) is 0.842. The minimum atomic E-state index is -0.505. The van der Waals surface area contributed by atoms with Crippen molar-refractivity contribution in [2.75, 3.05) is 17.3 Å². The lowest BCUT2D eigenvalue weighted by molar-refractivity contribution is -0.117. The van der Waals surface area contributed by atoms with Crippen molar-refractivity contribution in [2.45, 2.75) is 12.5 Å². The van der Waals surface area contributed by atoms with E-state index in [9.17, 15) is 4.79 Å². The summed E-state index contributed by atoms with van der Waals surface area (Å²) in [5, 5.41) is 10.2. The zero-order chi connectivity index (χ0) is 14.4. The standard InChI is InChI=1S/C13H16N4O2S/c1-20-6-5-11(14)12(18)16-10-4-2-3-9(7-10)13-17-15-8-19-13/h2-4,7-8,11H,5-6,14H2,1H3,(H,16,18)/t11-/m1/s1. The van der Waals surface area contributed by atoms with Gasteiger partial charge in [-0.25, -0.2) is 0 Å². The maximum absolute atomic E-state index is 11.9. The van der Waals surface area contributed by atoms with Crippen LogP contribution in [0, 0.1) is 0 Å². The van der Waals surface area contributed by atoms with Crippen LogP contribution in [0.1, 0.15) is 6.42 Å². The van der Waals surface area contributed by atoms with Gasteiger partial charge in [0.05, 0.1) is 6.04 Å². The number of nitrogens with zero attached hydrogens (tertiary/aromatic N) is 2. The third-order valence-electron chi connectivity index (χ3n) is 2.71. The molecule has 7 heteroatoms. The predicted octanol–water partition coefficient (Wildman–Crippen LogP) is 1.76. The summed E-state index contributed by atoms with van der Waals surface area (Å²) >= 11 is 1.67. The van der Waals surface area contributed by atoms with Gasteiger partial charge in [-0.1, -0.05) is 6.07 Å². The number of carbonyl (C=O) groups is 1. The first-order chi connectivity index (χ1) is 9.70. The van der Waals surface area contributed by atoms with E-state index in [0.717, 1.165) is 11.3 Å². The van der Waals surface area contributed by atoms with Crippen LogP contribution in [0.3, 0.4) is 0 Å². The normalized spacial score (nSPS) is 12.1. The second-order valence-electron chi connectivity index (χ2n) is 4.20. The van der Waals surface area contributed by atoms with Crippen molar-refractivity contribution >= 4 is 23.4 Å². The maximum atomic E-state index is 11.9. The van der Waals surface area contributed by atoms with Gasteiger partial charge in [-0.05, 0) is 36.6 Å². The highest BCUT2D eigenvalue weighted by Crippen LogP contribution is 2.20. The van der Waals surface area contributed by atoms with Gasteiger partial charge in [-0.2, -0.15) is 11.8 Å². The van der Waals surface area contributed by atoms with Crippen LogP contribution in [0.25, 0.3) is 11.5 Å². The van der Waals surface area contributed by atoms with Crippen LogP contribution < -0.4 is 11.1 Å². The summed E-state index contributed by atoms with van der Waals surface area (Å²) in [7, 11) is 0. The van der Waals surface area contributed by atoms with E-state index in [1.807, 2.05) is 18.4 Å². The van der Waals surface area contributed by atoms with Crippen molar-refractivity contribution in [3.8, 4) is 11.5 Å². The molecule has 1 aromatic heterocycles. The molecule has 3 N–H and O–H groups in total. The van der Waals surface area contributed by atoms with E-state index in [0.29, 0.717) is 18.0 Å². The topological polar surface area (TPSA) is 94.0 Å². The second-order valence-corrected chi connectivity index (χ2v) is 5.19. The average molecular weight is 292 g/mol. The van der Waals surface area contributed by atoms with Gasteiger partial charge in [0.2, 0.25) is 18.2 Å². The van der Waals surface area contributed by atoms with E-state index < -0.39 is 6.04 Å². The summed E-state index contributed by atoms with van der Waals surface area (Å²) < 4.78 is 5.12. The Morgan fingerprint density at radius 2 is 2.40 bits per heavy atom. The minimum Gasteiger partial charge on any atom is -0.423 e. The lowest BCUT2D eigenvalue weighted by atomic mass is 10.2. The molecule has 0 aliphatic heterocycles. The molecule has 0 aliphatic carbocycles. The van der Waals surface area contributed by atoms with E-state index in [1.165, 1.54) is 6.39 Å². The number of nitrogens with two attached hydrogens (primary N) is 1. The fourth-order valence-corrected chi connectivity index (χ4v) is 2.13. The summed E-state index contributed by atoms with van der Waals surface area (Å²) in [5.74, 6) is 1.07. The number of rotatable bonds is 6. The summed E-state index contributed by atoms with van der Waals surface area (Å²) in [6, 6.07) is 6.69. The van der Waals surface area contributed by atoms with E-state index in [4.69, 9.17) is 10.2 Å². The first kappa shape index (κ1) is 14.5. The molecule has 0 fully saturated rings. The van der Waals surface area contributed by atoms with Crippen molar-refractivity contribution in [1.82, 2.24) is 10.2 Å². The Morgan fingerprint density at radius 1 is 1.55 bits per heavy atom. The Balaban J connectivity index is 2.03. The first-order valence-corrected chi connectivity index (χ1v) is 7.52. The number of amides is 1. The van der Waals surface area contributed by atoms with Crippen molar-refractivity contribution in [3.05, 3.63) is 30.7 Å². The zero-order valence-corrected chi connectivity index (χ0v) is 11.9. The molecule has 1 atom stereocenters. The van der Waals surface area contributed by atoms with Gasteiger partial charge in [0.15, 0.2) is 0 Å². The SMILES string of the molecule is CSCC[C@@H](N)C(=O)Nc1cccc(-c2nnco2)c1. The Morgan fingerprint density at radius 3 is 3.10 bits per heavy atom. The summed E-state index contributed by atoms with van der Waals surface area (Å²) in [5.41, 5.74) is 7.22. The number of hydrogen-bond donors (Lipinski definition) is 2. The van der Waals surface area contributed by atoms with Crippen molar-refractivity contribution < 1.29 is 9.21 Å². The maximum Gasteiger partial charge on any atom is 0.247 e. The molecule has 2 aromatic rings. The average Bonchev–Trinajstić information content (AvgIpc) is 2.99. The number of hydrogen-bond acceptors (Lipinski definition) is 6. The molecule has 0 radical (unpaired) electrons. The van der Waals surface area contributed by atoms with Gasteiger partial charge >= 0.3 is 0 Å². The predicted molar refractivity (Wildman–Crippen MR) is 79.3 cm³/mol. The number of nitrogens with one attached hydrogen (secondary N) is 1. The van der Waals surface area contributed by atoms with E-state index >= 15 is 0 Å². The molecule has 0 saturated heterocycles. The number of carbonyl (C=O) groups excluding carboxylic acids is 1. The van der Waals surface area contributed by atoms with Crippen molar-refractivity contribution in [1.29, 1.82) is 0 Å². The molecule has 1 aromatic carbocycles. The lowest BCUT2D eigenvalue weighted by Crippen LogP contribution is -2.36. The molecule has 0 unspecified atom stereocenters. The lowest BCUT2D eigenvalue weighted by Gasteiger charge is -2.11.